The fourth-order valence-corrected chi connectivity index (χ4v) is 1.84. The van der Waals surface area contributed by atoms with Gasteiger partial charge in [0.15, 0.2) is 11.4 Å². The van der Waals surface area contributed by atoms with Crippen molar-refractivity contribution in [3.05, 3.63) is 52.4 Å². The highest BCUT2D eigenvalue weighted by atomic mass is 35.5. The number of likely N-dealkylation sites (N-methyl/N-ethyl adjacent to an activating group) is 1. The summed E-state index contributed by atoms with van der Waals surface area (Å²) < 4.78 is 10.3. The summed E-state index contributed by atoms with van der Waals surface area (Å²) in [5.74, 6) is -1.06. The summed E-state index contributed by atoms with van der Waals surface area (Å²) in [4.78, 5) is 24.0. The number of hydrogen-bond acceptors (Lipinski definition) is 4. The number of halogens is 1. The predicted molar refractivity (Wildman–Crippen MR) is 78.5 cm³/mol. The highest BCUT2D eigenvalue weighted by Crippen LogP contribution is 2.16. The molecule has 5 nitrogen and oxygen atoms in total. The molecule has 110 valence electrons. The lowest BCUT2D eigenvalue weighted by Gasteiger charge is -2.05. The molecule has 1 aromatic rings. The van der Waals surface area contributed by atoms with E-state index < -0.39 is 11.7 Å². The predicted octanol–water partition coefficient (Wildman–Crippen LogP) is 1.93. The Morgan fingerprint density at radius 3 is 2.38 bits per heavy atom. The van der Waals surface area contributed by atoms with Crippen LogP contribution < -0.4 is 5.32 Å². The summed E-state index contributed by atoms with van der Waals surface area (Å²) in [6, 6.07) is 6.96. The molecule has 0 unspecified atom stereocenters. The normalized spacial score (nSPS) is 13.7. The Bertz CT molecular complexity index is 597. The standard InChI is InChI=1S/C15H14ClNO4/c1-17-14(19)13(15-20-8-9-21-15)12(18)7-4-10-2-5-11(16)6-3-10/h2-7H,8-9H2,1H3,(H,17,19)/b7-4+. The minimum atomic E-state index is -0.544. The van der Waals surface area contributed by atoms with Gasteiger partial charge in [-0.2, -0.15) is 0 Å². The van der Waals surface area contributed by atoms with Crippen molar-refractivity contribution in [2.24, 2.45) is 0 Å². The molecule has 0 aromatic heterocycles. The number of ketones is 1. The second-order valence-corrected chi connectivity index (χ2v) is 4.62. The molecule has 2 rings (SSSR count). The fourth-order valence-electron chi connectivity index (χ4n) is 1.71. The van der Waals surface area contributed by atoms with Gasteiger partial charge in [0.05, 0.1) is 0 Å². The SMILES string of the molecule is CNC(=O)C(C(=O)/C=C/c1ccc(Cl)cc1)=C1OCCO1. The van der Waals surface area contributed by atoms with E-state index in [0.29, 0.717) is 18.2 Å². The number of allylic oxidation sites excluding steroid dienone is 1. The van der Waals surface area contributed by atoms with E-state index in [-0.39, 0.29) is 11.5 Å². The lowest BCUT2D eigenvalue weighted by Crippen LogP contribution is -2.26. The zero-order valence-electron chi connectivity index (χ0n) is 11.4. The molecule has 0 spiro atoms. The average Bonchev–Trinajstić information content (AvgIpc) is 3.00. The zero-order valence-corrected chi connectivity index (χ0v) is 12.1. The minimum absolute atomic E-state index is 0.0277. The Labute approximate surface area is 127 Å². The van der Waals surface area contributed by atoms with Gasteiger partial charge >= 0.3 is 0 Å². The Hall–Kier alpha value is -2.27. The Kier molecular flexibility index (Phi) is 5.00. The number of rotatable bonds is 4. The van der Waals surface area contributed by atoms with E-state index in [2.05, 4.69) is 5.32 Å². The van der Waals surface area contributed by atoms with Gasteiger partial charge in [-0.3, -0.25) is 9.59 Å². The van der Waals surface area contributed by atoms with Crippen LogP contribution in [0.4, 0.5) is 0 Å². The van der Waals surface area contributed by atoms with Gasteiger partial charge in [-0.1, -0.05) is 29.8 Å². The first-order chi connectivity index (χ1) is 10.1. The molecule has 1 aliphatic rings. The third-order valence-corrected chi connectivity index (χ3v) is 3.00. The van der Waals surface area contributed by atoms with Crippen molar-refractivity contribution < 1.29 is 19.1 Å². The largest absolute Gasteiger partial charge is 0.461 e. The van der Waals surface area contributed by atoms with E-state index in [1.54, 1.807) is 30.3 Å². The monoisotopic (exact) mass is 307 g/mol. The van der Waals surface area contributed by atoms with Crippen LogP contribution in [0.25, 0.3) is 6.08 Å². The average molecular weight is 308 g/mol. The van der Waals surface area contributed by atoms with Gasteiger partial charge in [0.25, 0.3) is 11.9 Å². The molecule has 0 aliphatic carbocycles. The fraction of sp³-hybridized carbons (Fsp3) is 0.200. The molecule has 1 saturated heterocycles. The molecule has 1 aromatic carbocycles. The molecule has 6 heteroatoms. The molecule has 0 atom stereocenters. The maximum atomic E-state index is 12.2. The number of carbonyl (C=O) groups is 2. The van der Waals surface area contributed by atoms with Crippen molar-refractivity contribution in [2.75, 3.05) is 20.3 Å². The summed E-state index contributed by atoms with van der Waals surface area (Å²) in [5.41, 5.74) is 0.655. The summed E-state index contributed by atoms with van der Waals surface area (Å²) >= 11 is 5.79. The van der Waals surface area contributed by atoms with Crippen molar-refractivity contribution in [3.8, 4) is 0 Å². The summed E-state index contributed by atoms with van der Waals surface area (Å²) in [6.45, 7) is 0.647. The molecule has 0 bridgehead atoms. The number of amides is 1. The summed E-state index contributed by atoms with van der Waals surface area (Å²) in [6.07, 6.45) is 2.89. The van der Waals surface area contributed by atoms with Crippen molar-refractivity contribution in [2.45, 2.75) is 0 Å². The van der Waals surface area contributed by atoms with Gasteiger partial charge in [0, 0.05) is 12.1 Å². The maximum Gasteiger partial charge on any atom is 0.296 e. The van der Waals surface area contributed by atoms with Gasteiger partial charge in [-0.15, -0.1) is 0 Å². The maximum absolute atomic E-state index is 12.2. The molecule has 0 saturated carbocycles. The van der Waals surface area contributed by atoms with Crippen LogP contribution in [0.3, 0.4) is 0 Å². The van der Waals surface area contributed by atoms with Crippen molar-refractivity contribution in [1.82, 2.24) is 5.32 Å². The molecule has 1 N–H and O–H groups in total. The summed E-state index contributed by atoms with van der Waals surface area (Å²) in [7, 11) is 1.44. The molecule has 1 fully saturated rings. The second kappa shape index (κ2) is 6.95. The topological polar surface area (TPSA) is 64.6 Å². The number of carbonyl (C=O) groups excluding carboxylic acids is 2. The molecule has 0 radical (unpaired) electrons. The Morgan fingerprint density at radius 2 is 1.81 bits per heavy atom. The first-order valence-electron chi connectivity index (χ1n) is 6.31. The lowest BCUT2D eigenvalue weighted by atomic mass is 10.1. The van der Waals surface area contributed by atoms with Gasteiger partial charge in [0.2, 0.25) is 0 Å². The third kappa shape index (κ3) is 3.86. The van der Waals surface area contributed by atoms with Gasteiger partial charge in [-0.05, 0) is 23.8 Å². The van der Waals surface area contributed by atoms with E-state index in [9.17, 15) is 9.59 Å². The van der Waals surface area contributed by atoms with E-state index in [0.717, 1.165) is 5.56 Å². The van der Waals surface area contributed by atoms with Crippen LogP contribution in [0.2, 0.25) is 5.02 Å². The van der Waals surface area contributed by atoms with E-state index in [1.165, 1.54) is 13.1 Å². The third-order valence-electron chi connectivity index (χ3n) is 2.75. The van der Waals surface area contributed by atoms with Crippen LogP contribution >= 0.6 is 11.6 Å². The number of benzene rings is 1. The second-order valence-electron chi connectivity index (χ2n) is 4.19. The van der Waals surface area contributed by atoms with Crippen molar-refractivity contribution in [3.63, 3.8) is 0 Å². The smallest absolute Gasteiger partial charge is 0.296 e. The van der Waals surface area contributed by atoms with Crippen molar-refractivity contribution in [1.29, 1.82) is 0 Å². The lowest BCUT2D eigenvalue weighted by molar-refractivity contribution is -0.121. The quantitative estimate of drug-likeness (QED) is 0.524. The van der Waals surface area contributed by atoms with Crippen LogP contribution in [-0.4, -0.2) is 32.0 Å². The Morgan fingerprint density at radius 1 is 1.19 bits per heavy atom. The van der Waals surface area contributed by atoms with Crippen LogP contribution in [0, 0.1) is 0 Å². The van der Waals surface area contributed by atoms with Crippen LogP contribution in [-0.2, 0) is 19.1 Å². The van der Waals surface area contributed by atoms with Gasteiger partial charge in [0.1, 0.15) is 13.2 Å². The summed E-state index contributed by atoms with van der Waals surface area (Å²) in [5, 5.41) is 3.01. The molecular formula is C15H14ClNO4. The first-order valence-corrected chi connectivity index (χ1v) is 6.69. The van der Waals surface area contributed by atoms with E-state index in [1.807, 2.05) is 0 Å². The van der Waals surface area contributed by atoms with E-state index in [4.69, 9.17) is 21.1 Å². The van der Waals surface area contributed by atoms with Gasteiger partial charge < -0.3 is 14.8 Å². The molecule has 1 amide bonds. The number of nitrogens with one attached hydrogen (secondary N) is 1. The highest BCUT2D eigenvalue weighted by Gasteiger charge is 2.26. The van der Waals surface area contributed by atoms with E-state index >= 15 is 0 Å². The Balaban J connectivity index is 2.21. The van der Waals surface area contributed by atoms with Crippen LogP contribution in [0.5, 0.6) is 0 Å². The van der Waals surface area contributed by atoms with Crippen LogP contribution in [0.15, 0.2) is 41.9 Å². The first kappa shape index (κ1) is 15.1. The number of hydrogen-bond donors (Lipinski definition) is 1. The molecular weight excluding hydrogens is 294 g/mol. The zero-order chi connectivity index (χ0) is 15.2. The highest BCUT2D eigenvalue weighted by molar-refractivity contribution is 6.30. The van der Waals surface area contributed by atoms with Crippen LogP contribution in [0.1, 0.15) is 5.56 Å². The molecule has 21 heavy (non-hydrogen) atoms. The van der Waals surface area contributed by atoms with Crippen molar-refractivity contribution >= 4 is 29.4 Å². The minimum Gasteiger partial charge on any atom is -0.461 e. The molecule has 1 aliphatic heterocycles. The number of ether oxygens (including phenoxy) is 2. The molecule has 1 heterocycles. The van der Waals surface area contributed by atoms with Gasteiger partial charge in [-0.25, -0.2) is 0 Å².